The molecule has 0 atom stereocenters. The minimum atomic E-state index is -0.160. The standard InChI is InChI=1S/C16H19ClN2OS/c1-21-10-6-2-5-9-18-16(20)14-11-12-7-3-4-8-13(12)15(17)19-14/h3-4,7-8,11H,2,5-6,9-10H2,1H3,(H,18,20). The highest BCUT2D eigenvalue weighted by molar-refractivity contribution is 7.98. The van der Waals surface area contributed by atoms with Gasteiger partial charge in [0.2, 0.25) is 0 Å². The SMILES string of the molecule is CSCCCCCNC(=O)c1cc2ccccc2c(Cl)n1. The van der Waals surface area contributed by atoms with Gasteiger partial charge in [-0.2, -0.15) is 11.8 Å². The molecular formula is C16H19ClN2OS. The van der Waals surface area contributed by atoms with Crippen molar-refractivity contribution in [1.29, 1.82) is 0 Å². The number of pyridine rings is 1. The van der Waals surface area contributed by atoms with E-state index in [1.54, 1.807) is 6.07 Å². The Labute approximate surface area is 134 Å². The number of nitrogens with one attached hydrogen (secondary N) is 1. The molecule has 0 saturated heterocycles. The van der Waals surface area contributed by atoms with Crippen LogP contribution in [0, 0.1) is 0 Å². The molecule has 0 saturated carbocycles. The van der Waals surface area contributed by atoms with Crippen molar-refractivity contribution >= 4 is 40.0 Å². The molecule has 3 nitrogen and oxygen atoms in total. The number of unbranched alkanes of at least 4 members (excludes halogenated alkanes) is 2. The molecule has 0 fully saturated rings. The number of hydrogen-bond donors (Lipinski definition) is 1. The summed E-state index contributed by atoms with van der Waals surface area (Å²) in [5.74, 6) is 1.02. The molecule has 1 aromatic carbocycles. The van der Waals surface area contributed by atoms with Gasteiger partial charge in [-0.15, -0.1) is 0 Å². The highest BCUT2D eigenvalue weighted by Gasteiger charge is 2.10. The molecule has 5 heteroatoms. The number of fused-ring (bicyclic) bond motifs is 1. The van der Waals surface area contributed by atoms with Crippen LogP contribution >= 0.6 is 23.4 Å². The lowest BCUT2D eigenvalue weighted by atomic mass is 10.1. The highest BCUT2D eigenvalue weighted by Crippen LogP contribution is 2.22. The fourth-order valence-electron chi connectivity index (χ4n) is 2.11. The number of aromatic nitrogens is 1. The number of hydrogen-bond acceptors (Lipinski definition) is 3. The molecule has 112 valence electrons. The van der Waals surface area contributed by atoms with Gasteiger partial charge < -0.3 is 5.32 Å². The molecule has 1 heterocycles. The normalized spacial score (nSPS) is 10.8. The van der Waals surface area contributed by atoms with Crippen LogP contribution in [-0.2, 0) is 0 Å². The van der Waals surface area contributed by atoms with Crippen LogP contribution in [0.2, 0.25) is 5.15 Å². The third-order valence-electron chi connectivity index (χ3n) is 3.24. The predicted octanol–water partition coefficient (Wildman–Crippen LogP) is 4.15. The van der Waals surface area contributed by atoms with Gasteiger partial charge in [0, 0.05) is 11.9 Å². The Hall–Kier alpha value is -1.26. The topological polar surface area (TPSA) is 42.0 Å². The number of halogens is 1. The van der Waals surface area contributed by atoms with Crippen molar-refractivity contribution < 1.29 is 4.79 Å². The van der Waals surface area contributed by atoms with Gasteiger partial charge in [0.1, 0.15) is 10.8 Å². The first-order valence-corrected chi connectivity index (χ1v) is 8.82. The average molecular weight is 323 g/mol. The van der Waals surface area contributed by atoms with E-state index in [2.05, 4.69) is 16.6 Å². The summed E-state index contributed by atoms with van der Waals surface area (Å²) in [6.07, 6.45) is 5.43. The number of thioether (sulfide) groups is 1. The van der Waals surface area contributed by atoms with E-state index in [-0.39, 0.29) is 5.91 Å². The summed E-state index contributed by atoms with van der Waals surface area (Å²) in [6, 6.07) is 9.45. The Bertz CT molecular complexity index is 618. The van der Waals surface area contributed by atoms with Gasteiger partial charge >= 0.3 is 0 Å². The van der Waals surface area contributed by atoms with Crippen molar-refractivity contribution in [2.45, 2.75) is 19.3 Å². The third-order valence-corrected chi connectivity index (χ3v) is 4.22. The molecule has 1 N–H and O–H groups in total. The molecule has 0 spiro atoms. The fraction of sp³-hybridized carbons (Fsp3) is 0.375. The van der Waals surface area contributed by atoms with E-state index in [0.29, 0.717) is 17.4 Å². The summed E-state index contributed by atoms with van der Waals surface area (Å²) in [5, 5.41) is 5.08. The molecule has 1 aromatic heterocycles. The lowest BCUT2D eigenvalue weighted by Gasteiger charge is -2.07. The van der Waals surface area contributed by atoms with E-state index in [0.717, 1.165) is 23.6 Å². The molecule has 1 amide bonds. The van der Waals surface area contributed by atoms with Gasteiger partial charge in [-0.25, -0.2) is 4.98 Å². The Morgan fingerprint density at radius 3 is 2.90 bits per heavy atom. The van der Waals surface area contributed by atoms with Crippen LogP contribution in [0.25, 0.3) is 10.8 Å². The minimum absolute atomic E-state index is 0.160. The number of carbonyl (C=O) groups excluding carboxylic acids is 1. The zero-order valence-corrected chi connectivity index (χ0v) is 13.6. The molecular weight excluding hydrogens is 304 g/mol. The summed E-state index contributed by atoms with van der Waals surface area (Å²) in [5.41, 5.74) is 0.378. The number of amides is 1. The summed E-state index contributed by atoms with van der Waals surface area (Å²) in [6.45, 7) is 0.680. The first-order valence-electron chi connectivity index (χ1n) is 7.05. The number of carbonyl (C=O) groups is 1. The van der Waals surface area contributed by atoms with Crippen molar-refractivity contribution in [3.63, 3.8) is 0 Å². The molecule has 2 rings (SSSR count). The van der Waals surface area contributed by atoms with Gasteiger partial charge in [0.05, 0.1) is 0 Å². The smallest absolute Gasteiger partial charge is 0.269 e. The molecule has 0 unspecified atom stereocenters. The minimum Gasteiger partial charge on any atom is -0.351 e. The maximum Gasteiger partial charge on any atom is 0.269 e. The zero-order valence-electron chi connectivity index (χ0n) is 12.1. The monoisotopic (exact) mass is 322 g/mol. The van der Waals surface area contributed by atoms with Gasteiger partial charge in [-0.1, -0.05) is 42.3 Å². The van der Waals surface area contributed by atoms with E-state index >= 15 is 0 Å². The number of rotatable bonds is 7. The molecule has 2 aromatic rings. The molecule has 0 aliphatic rings. The summed E-state index contributed by atoms with van der Waals surface area (Å²) in [4.78, 5) is 16.3. The van der Waals surface area contributed by atoms with Crippen molar-refractivity contribution in [1.82, 2.24) is 10.3 Å². The van der Waals surface area contributed by atoms with Gasteiger partial charge in [0.15, 0.2) is 0 Å². The van der Waals surface area contributed by atoms with Gasteiger partial charge in [-0.05, 0) is 36.3 Å². The van der Waals surface area contributed by atoms with Crippen molar-refractivity contribution in [3.8, 4) is 0 Å². The lowest BCUT2D eigenvalue weighted by molar-refractivity contribution is 0.0948. The zero-order chi connectivity index (χ0) is 15.1. The maximum atomic E-state index is 12.1. The first kappa shape index (κ1) is 16.1. The van der Waals surface area contributed by atoms with Crippen molar-refractivity contribution in [2.24, 2.45) is 0 Å². The Morgan fingerprint density at radius 1 is 1.29 bits per heavy atom. The van der Waals surface area contributed by atoms with Crippen LogP contribution in [0.4, 0.5) is 0 Å². The van der Waals surface area contributed by atoms with Crippen LogP contribution in [0.5, 0.6) is 0 Å². The highest BCUT2D eigenvalue weighted by atomic mass is 35.5. The fourth-order valence-corrected chi connectivity index (χ4v) is 2.87. The van der Waals surface area contributed by atoms with Crippen LogP contribution in [0.1, 0.15) is 29.8 Å². The van der Waals surface area contributed by atoms with E-state index in [1.165, 1.54) is 12.2 Å². The van der Waals surface area contributed by atoms with Gasteiger partial charge in [-0.3, -0.25) is 4.79 Å². The third kappa shape index (κ3) is 4.61. The molecule has 0 radical (unpaired) electrons. The second kappa shape index (κ2) is 8.25. The van der Waals surface area contributed by atoms with Crippen LogP contribution in [0.15, 0.2) is 30.3 Å². The predicted molar refractivity (Wildman–Crippen MR) is 91.3 cm³/mol. The average Bonchev–Trinajstić information content (AvgIpc) is 2.50. The molecule has 21 heavy (non-hydrogen) atoms. The number of nitrogens with zero attached hydrogens (tertiary/aromatic N) is 1. The van der Waals surface area contributed by atoms with Crippen LogP contribution in [-0.4, -0.2) is 29.4 Å². The Balaban J connectivity index is 1.93. The largest absolute Gasteiger partial charge is 0.351 e. The lowest BCUT2D eigenvalue weighted by Crippen LogP contribution is -2.25. The van der Waals surface area contributed by atoms with E-state index in [1.807, 2.05) is 36.0 Å². The Morgan fingerprint density at radius 2 is 2.10 bits per heavy atom. The van der Waals surface area contributed by atoms with Crippen LogP contribution < -0.4 is 5.32 Å². The Kier molecular flexibility index (Phi) is 6.33. The summed E-state index contributed by atoms with van der Waals surface area (Å²) >= 11 is 7.98. The maximum absolute atomic E-state index is 12.1. The van der Waals surface area contributed by atoms with Crippen molar-refractivity contribution in [2.75, 3.05) is 18.6 Å². The summed E-state index contributed by atoms with van der Waals surface area (Å²) in [7, 11) is 0. The van der Waals surface area contributed by atoms with Crippen molar-refractivity contribution in [3.05, 3.63) is 41.2 Å². The second-order valence-electron chi connectivity index (χ2n) is 4.83. The number of benzene rings is 1. The quantitative estimate of drug-likeness (QED) is 0.615. The second-order valence-corrected chi connectivity index (χ2v) is 6.17. The molecule has 0 aliphatic heterocycles. The first-order chi connectivity index (χ1) is 10.2. The van der Waals surface area contributed by atoms with E-state index in [9.17, 15) is 4.79 Å². The van der Waals surface area contributed by atoms with Crippen LogP contribution in [0.3, 0.4) is 0 Å². The van der Waals surface area contributed by atoms with E-state index in [4.69, 9.17) is 11.6 Å². The summed E-state index contributed by atoms with van der Waals surface area (Å²) < 4.78 is 0. The van der Waals surface area contributed by atoms with Gasteiger partial charge in [0.25, 0.3) is 5.91 Å². The van der Waals surface area contributed by atoms with E-state index < -0.39 is 0 Å². The molecule has 0 bridgehead atoms. The molecule has 0 aliphatic carbocycles.